The molecule has 0 spiro atoms. The van der Waals surface area contributed by atoms with Crippen LogP contribution >= 0.6 is 0 Å². The lowest BCUT2D eigenvalue weighted by Crippen LogP contribution is -2.46. The second-order valence-corrected chi connectivity index (χ2v) is 8.33. The number of carbonyl (C=O) groups is 2. The molecular formula is C27H29N3O2. The quantitative estimate of drug-likeness (QED) is 0.601. The SMILES string of the molecule is Cc1ccc(N2C[C@@H](NC(=O)N(CCc3ccccc3)Cc3ccccc3)CC2=O)cc1. The minimum Gasteiger partial charge on any atom is -0.333 e. The van der Waals surface area contributed by atoms with Gasteiger partial charge in [-0.2, -0.15) is 0 Å². The van der Waals surface area contributed by atoms with Crippen molar-refractivity contribution in [2.24, 2.45) is 0 Å². The van der Waals surface area contributed by atoms with E-state index >= 15 is 0 Å². The summed E-state index contributed by atoms with van der Waals surface area (Å²) in [6, 6.07) is 27.8. The van der Waals surface area contributed by atoms with Gasteiger partial charge in [-0.05, 0) is 36.6 Å². The van der Waals surface area contributed by atoms with Gasteiger partial charge in [-0.3, -0.25) is 4.79 Å². The van der Waals surface area contributed by atoms with Crippen LogP contribution in [0.5, 0.6) is 0 Å². The number of urea groups is 1. The third kappa shape index (κ3) is 5.55. The molecular weight excluding hydrogens is 398 g/mol. The first-order valence-electron chi connectivity index (χ1n) is 11.1. The number of anilines is 1. The highest BCUT2D eigenvalue weighted by Crippen LogP contribution is 2.22. The minimum absolute atomic E-state index is 0.0399. The molecule has 1 aliphatic rings. The second kappa shape index (κ2) is 10.1. The Labute approximate surface area is 189 Å². The van der Waals surface area contributed by atoms with Crippen molar-refractivity contribution in [1.82, 2.24) is 10.2 Å². The van der Waals surface area contributed by atoms with E-state index in [1.807, 2.05) is 84.6 Å². The van der Waals surface area contributed by atoms with Crippen molar-refractivity contribution in [3.05, 3.63) is 102 Å². The van der Waals surface area contributed by atoms with Gasteiger partial charge in [0.2, 0.25) is 5.91 Å². The molecule has 0 aromatic heterocycles. The van der Waals surface area contributed by atoms with Gasteiger partial charge in [0.05, 0.1) is 6.04 Å². The number of hydrogen-bond acceptors (Lipinski definition) is 2. The average molecular weight is 428 g/mol. The van der Waals surface area contributed by atoms with Crippen LogP contribution in [0.15, 0.2) is 84.9 Å². The van der Waals surface area contributed by atoms with E-state index < -0.39 is 0 Å². The first-order valence-corrected chi connectivity index (χ1v) is 11.1. The van der Waals surface area contributed by atoms with E-state index in [9.17, 15) is 9.59 Å². The molecule has 1 N–H and O–H groups in total. The summed E-state index contributed by atoms with van der Waals surface area (Å²) in [7, 11) is 0. The van der Waals surface area contributed by atoms with E-state index in [0.29, 0.717) is 26.1 Å². The molecule has 1 aliphatic heterocycles. The van der Waals surface area contributed by atoms with E-state index in [1.54, 1.807) is 4.90 Å². The maximum Gasteiger partial charge on any atom is 0.318 e. The number of nitrogens with one attached hydrogen (secondary N) is 1. The number of rotatable bonds is 7. The molecule has 0 aliphatic carbocycles. The van der Waals surface area contributed by atoms with Crippen LogP contribution in [-0.4, -0.2) is 36.0 Å². The Morgan fingerprint density at radius 3 is 2.22 bits per heavy atom. The zero-order valence-electron chi connectivity index (χ0n) is 18.4. The zero-order chi connectivity index (χ0) is 22.3. The highest BCUT2D eigenvalue weighted by Gasteiger charge is 2.32. The number of benzene rings is 3. The predicted molar refractivity (Wildman–Crippen MR) is 127 cm³/mol. The third-order valence-electron chi connectivity index (χ3n) is 5.81. The Bertz CT molecular complexity index is 1040. The molecule has 3 aromatic carbocycles. The van der Waals surface area contributed by atoms with Crippen molar-refractivity contribution in [3.63, 3.8) is 0 Å². The lowest BCUT2D eigenvalue weighted by Gasteiger charge is -2.25. The van der Waals surface area contributed by atoms with Crippen molar-refractivity contribution >= 4 is 17.6 Å². The van der Waals surface area contributed by atoms with Crippen LogP contribution < -0.4 is 10.2 Å². The van der Waals surface area contributed by atoms with Gasteiger partial charge >= 0.3 is 6.03 Å². The molecule has 1 heterocycles. The van der Waals surface area contributed by atoms with E-state index in [1.165, 1.54) is 5.56 Å². The van der Waals surface area contributed by atoms with Gasteiger partial charge < -0.3 is 15.1 Å². The first kappa shape index (κ1) is 21.6. The molecule has 1 atom stereocenters. The van der Waals surface area contributed by atoms with Crippen LogP contribution in [0.3, 0.4) is 0 Å². The van der Waals surface area contributed by atoms with Gasteiger partial charge in [-0.15, -0.1) is 0 Å². The summed E-state index contributed by atoms with van der Waals surface area (Å²) in [6.45, 7) is 3.65. The molecule has 1 saturated heterocycles. The lowest BCUT2D eigenvalue weighted by molar-refractivity contribution is -0.117. The molecule has 5 heteroatoms. The largest absolute Gasteiger partial charge is 0.333 e. The van der Waals surface area contributed by atoms with E-state index in [0.717, 1.165) is 23.2 Å². The summed E-state index contributed by atoms with van der Waals surface area (Å²) in [5, 5.41) is 3.10. The average Bonchev–Trinajstić information content (AvgIpc) is 3.18. The topological polar surface area (TPSA) is 52.7 Å². The second-order valence-electron chi connectivity index (χ2n) is 8.33. The number of aryl methyl sites for hydroxylation is 1. The number of hydrogen-bond donors (Lipinski definition) is 1. The van der Waals surface area contributed by atoms with Crippen LogP contribution in [0, 0.1) is 6.92 Å². The Morgan fingerprint density at radius 1 is 0.938 bits per heavy atom. The molecule has 4 rings (SSSR count). The normalized spacial score (nSPS) is 15.6. The summed E-state index contributed by atoms with van der Waals surface area (Å²) in [5.41, 5.74) is 4.31. The summed E-state index contributed by atoms with van der Waals surface area (Å²) < 4.78 is 0. The lowest BCUT2D eigenvalue weighted by atomic mass is 10.1. The highest BCUT2D eigenvalue weighted by atomic mass is 16.2. The Balaban J connectivity index is 1.42. The van der Waals surface area contributed by atoms with Gasteiger partial charge in [-0.1, -0.05) is 78.4 Å². The first-order chi connectivity index (χ1) is 15.6. The molecule has 32 heavy (non-hydrogen) atoms. The van der Waals surface area contributed by atoms with Gasteiger partial charge in [0, 0.05) is 31.7 Å². The van der Waals surface area contributed by atoms with Crippen molar-refractivity contribution in [3.8, 4) is 0 Å². The monoisotopic (exact) mass is 427 g/mol. The Hall–Kier alpha value is -3.60. The number of carbonyl (C=O) groups excluding carboxylic acids is 2. The van der Waals surface area contributed by atoms with Crippen molar-refractivity contribution < 1.29 is 9.59 Å². The standard InChI is InChI=1S/C27H29N3O2/c1-21-12-14-25(15-13-21)30-20-24(18-26(30)31)28-27(32)29(19-23-10-6-3-7-11-23)17-16-22-8-4-2-5-9-22/h2-15,24H,16-20H2,1H3,(H,28,32)/t24-/m0/s1. The zero-order valence-corrected chi connectivity index (χ0v) is 18.4. The van der Waals surface area contributed by atoms with Gasteiger partial charge in [-0.25, -0.2) is 4.79 Å². The summed E-state index contributed by atoms with van der Waals surface area (Å²) >= 11 is 0. The highest BCUT2D eigenvalue weighted by molar-refractivity contribution is 5.96. The molecule has 0 unspecified atom stereocenters. The number of nitrogens with zero attached hydrogens (tertiary/aromatic N) is 2. The maximum atomic E-state index is 13.2. The van der Waals surface area contributed by atoms with Crippen LogP contribution in [0.1, 0.15) is 23.1 Å². The molecule has 5 nitrogen and oxygen atoms in total. The van der Waals surface area contributed by atoms with Gasteiger partial charge in [0.25, 0.3) is 0 Å². The summed E-state index contributed by atoms with van der Waals surface area (Å²) in [4.78, 5) is 29.4. The van der Waals surface area contributed by atoms with E-state index in [4.69, 9.17) is 0 Å². The minimum atomic E-state index is -0.202. The van der Waals surface area contributed by atoms with Crippen LogP contribution in [0.25, 0.3) is 0 Å². The molecule has 0 bridgehead atoms. The molecule has 3 aromatic rings. The van der Waals surface area contributed by atoms with Crippen molar-refractivity contribution in [2.45, 2.75) is 32.4 Å². The molecule has 0 saturated carbocycles. The smallest absolute Gasteiger partial charge is 0.318 e. The Morgan fingerprint density at radius 2 is 1.56 bits per heavy atom. The summed E-state index contributed by atoms with van der Waals surface area (Å²) in [6.07, 6.45) is 1.09. The van der Waals surface area contributed by atoms with Gasteiger partial charge in [0.15, 0.2) is 0 Å². The van der Waals surface area contributed by atoms with Crippen LogP contribution in [0.4, 0.5) is 10.5 Å². The van der Waals surface area contributed by atoms with E-state index in [-0.39, 0.29) is 18.0 Å². The third-order valence-corrected chi connectivity index (χ3v) is 5.81. The fraction of sp³-hybridized carbons (Fsp3) is 0.259. The van der Waals surface area contributed by atoms with E-state index in [2.05, 4.69) is 17.4 Å². The fourth-order valence-electron chi connectivity index (χ4n) is 4.01. The predicted octanol–water partition coefficient (Wildman–Crippen LogP) is 4.55. The fourth-order valence-corrected chi connectivity index (χ4v) is 4.01. The summed E-state index contributed by atoms with van der Waals surface area (Å²) in [5.74, 6) is 0.0399. The van der Waals surface area contributed by atoms with Gasteiger partial charge in [0.1, 0.15) is 0 Å². The van der Waals surface area contributed by atoms with Crippen LogP contribution in [-0.2, 0) is 17.8 Å². The number of amides is 3. The maximum absolute atomic E-state index is 13.2. The van der Waals surface area contributed by atoms with Crippen LogP contribution in [0.2, 0.25) is 0 Å². The van der Waals surface area contributed by atoms with Crippen molar-refractivity contribution in [1.29, 1.82) is 0 Å². The Kier molecular flexibility index (Phi) is 6.85. The molecule has 1 fully saturated rings. The molecule has 164 valence electrons. The molecule has 0 radical (unpaired) electrons. The molecule has 3 amide bonds. The van der Waals surface area contributed by atoms with Crippen molar-refractivity contribution in [2.75, 3.05) is 18.0 Å².